The van der Waals surface area contributed by atoms with Crippen LogP contribution in [0.3, 0.4) is 0 Å². The first-order valence-electron chi connectivity index (χ1n) is 32.9. The molecule has 597 valence electrons. The van der Waals surface area contributed by atoms with Crippen LogP contribution in [0.2, 0.25) is 0 Å². The van der Waals surface area contributed by atoms with Crippen LogP contribution in [0.25, 0.3) is 21.9 Å². The van der Waals surface area contributed by atoms with Crippen molar-refractivity contribution in [1.82, 2.24) is 21.0 Å². The van der Waals surface area contributed by atoms with E-state index < -0.39 is 103 Å². The number of carbonyl (C=O) groups is 4. The van der Waals surface area contributed by atoms with Gasteiger partial charge in [0, 0.05) is 77.3 Å². The van der Waals surface area contributed by atoms with Gasteiger partial charge >= 0.3 is 11.3 Å². The van der Waals surface area contributed by atoms with Crippen molar-refractivity contribution >= 4 is 116 Å². The van der Waals surface area contributed by atoms with Gasteiger partial charge in [0.15, 0.2) is 5.78 Å². The molecule has 4 heterocycles. The summed E-state index contributed by atoms with van der Waals surface area (Å²) < 4.78 is 137. The van der Waals surface area contributed by atoms with Crippen molar-refractivity contribution in [2.75, 3.05) is 65.8 Å². The van der Waals surface area contributed by atoms with Crippen molar-refractivity contribution in [3.8, 4) is 11.8 Å². The second-order valence-corrected chi connectivity index (χ2v) is 33.8. The summed E-state index contributed by atoms with van der Waals surface area (Å²) in [5, 5.41) is 20.5. The smallest absolute Gasteiger partial charge is 0.349 e. The van der Waals surface area contributed by atoms with Crippen LogP contribution in [0.1, 0.15) is 155 Å². The van der Waals surface area contributed by atoms with Gasteiger partial charge in [-0.2, -0.15) is 0 Å². The third-order valence-electron chi connectivity index (χ3n) is 14.4. The van der Waals surface area contributed by atoms with Crippen molar-refractivity contribution in [3.05, 3.63) is 91.6 Å². The number of phosphoric acid groups is 6. The summed E-state index contributed by atoms with van der Waals surface area (Å²) in [5.41, 5.74) is 0.946. The van der Waals surface area contributed by atoms with Gasteiger partial charge in [0.25, 0.3) is 52.8 Å². The van der Waals surface area contributed by atoms with Crippen LogP contribution < -0.4 is 66.5 Å². The first kappa shape index (κ1) is 96.6. The molecular formula is C59H83B2N4O35P7-7. The van der Waals surface area contributed by atoms with Crippen LogP contribution in [0, 0.1) is 18.8 Å². The van der Waals surface area contributed by atoms with Crippen LogP contribution in [0.15, 0.2) is 67.0 Å². The number of hydrogen-bond donors (Lipinski definition) is 6. The van der Waals surface area contributed by atoms with E-state index in [4.69, 9.17) is 40.5 Å². The van der Waals surface area contributed by atoms with Gasteiger partial charge in [0.2, 0.25) is 19.6 Å². The molecule has 39 nitrogen and oxygen atoms in total. The van der Waals surface area contributed by atoms with Gasteiger partial charge in [-0.25, -0.2) is 26.8 Å². The Morgan fingerprint density at radius 3 is 1.64 bits per heavy atom. The van der Waals surface area contributed by atoms with E-state index in [9.17, 15) is 100 Å². The van der Waals surface area contributed by atoms with Gasteiger partial charge in [-0.3, -0.25) is 60.5 Å². The van der Waals surface area contributed by atoms with Crippen LogP contribution in [0.5, 0.6) is 0 Å². The highest BCUT2D eigenvalue weighted by molar-refractivity contribution is 7.68. The Bertz CT molecular complexity index is 4080. The molecule has 0 spiro atoms. The number of carbonyl (C=O) groups excluding carboxylic acids is 4. The fourth-order valence-electron chi connectivity index (χ4n) is 9.38. The Balaban J connectivity index is 0.000000489. The quantitative estimate of drug-likeness (QED) is 0.00924. The standard InChI is InChI=1S/C31H49BN2O19P4.C22H26N2O5.C6H15O11P3.B/c32-29-13-12-25(49-29)22-48-55(41,42)52-57(45,46)53-56(43,44)51-54(39,40)34-16-7-3-1-2-6-15-33-30(37)14-18-47-17-8-4-5-9-27(36)26-20-24-11-10-23(21-35)19-28(24)50-31(26)38;1-3-4-10-23-20(25)9-13-28-12-6-5-11-24-21(26)18-15-17-8-7-16(2)14-19(17)29-22(18)27;1-5-2-3-6(15-5)4-14-19(10,11)17-20(12,13)16-18(7,8)9;/h10-11,19-20,25,29,35H,1-9,12-18,21-22H2,(H,33,37)(H,41,42)(H,43,44)(H,45,46)(H2,34,39,40);7-8,14-15H,5-6,9-13H2,1-2H3,(H,23,25)(H,24,26);5-6H,2-4H2,1H3,(H,10,11)(H,12,13)(H2,7,8,9);/p-7/t25-,29+;;5-,6-;/m0.0./s1. The molecule has 107 heavy (non-hydrogen) atoms. The molecule has 3 amide bonds. The third kappa shape index (κ3) is 41.5. The van der Waals surface area contributed by atoms with E-state index in [-0.39, 0.29) is 82.3 Å². The number of rotatable bonds is 46. The van der Waals surface area contributed by atoms with Gasteiger partial charge in [0.05, 0.1) is 57.9 Å². The Morgan fingerprint density at radius 1 is 0.570 bits per heavy atom. The largest absolute Gasteiger partial charge is 0.766 e. The predicted octanol–water partition coefficient (Wildman–Crippen LogP) is 2.48. The van der Waals surface area contributed by atoms with Gasteiger partial charge < -0.3 is 97.0 Å². The molecule has 0 saturated carbocycles. The highest BCUT2D eigenvalue weighted by atomic mass is 31.3. The summed E-state index contributed by atoms with van der Waals surface area (Å²) in [6, 6.07) is 12.8. The number of phosphoric ester groups is 2. The molecule has 0 bridgehead atoms. The minimum Gasteiger partial charge on any atom is -0.766 e. The summed E-state index contributed by atoms with van der Waals surface area (Å²) in [6.45, 7) is 6.35. The summed E-state index contributed by atoms with van der Waals surface area (Å²) in [7, 11) is -35.0. The topological polar surface area (TPSA) is 600 Å². The SMILES string of the molecule is CC#CCNC(=O)CCOCCCCNC(=O)c1cc2ccc(C)cc2oc1=O.C[C@H]1CC[C@@H](COP(=O)([O-])OP(=O)([O-])OP(=O)([O-])O)O1.[B].[B][C@H]1CC[C@@H](COP(=O)([O-])OP(=O)([O-])OP(=O)([O-])OP(=O)([O-])NCCCCCCCNC(=O)CCOCCCCCC(=O)c2cc3ccc(CO)cc3oc2=O)O1. The molecule has 5 radical (unpaired) electrons. The minimum absolute atomic E-state index is 0. The average Bonchev–Trinajstić information content (AvgIpc) is 1.43. The molecule has 48 heteroatoms. The minimum atomic E-state index is -6.24. The molecule has 6 N–H and O–H groups in total. The number of Topliss-reactive ketones (excluding diaryl/α,β-unsaturated/α-hetero) is 1. The number of amides is 3. The number of unbranched alkanes of at least 4 members (excludes halogenated alkanes) is 7. The molecule has 2 aromatic heterocycles. The molecule has 2 aliphatic rings. The van der Waals surface area contributed by atoms with Gasteiger partial charge in [-0.1, -0.05) is 55.9 Å². The number of fused-ring (bicyclic) bond motifs is 2. The number of nitrogens with one attached hydrogen (secondary N) is 4. The van der Waals surface area contributed by atoms with E-state index in [1.165, 1.54) is 6.07 Å². The maximum Gasteiger partial charge on any atom is 0.349 e. The highest BCUT2D eigenvalue weighted by Crippen LogP contribution is 2.66. The van der Waals surface area contributed by atoms with Crippen molar-refractivity contribution in [1.29, 1.82) is 0 Å². The predicted molar refractivity (Wildman–Crippen MR) is 367 cm³/mol. The lowest BCUT2D eigenvalue weighted by Crippen LogP contribution is -2.29. The summed E-state index contributed by atoms with van der Waals surface area (Å²) >= 11 is 0. The highest BCUT2D eigenvalue weighted by Gasteiger charge is 2.32. The Hall–Kier alpha value is -4.60. The third-order valence-corrected chi connectivity index (χ3v) is 24.0. The molecule has 6 rings (SSSR count). The molecule has 11 atom stereocenters. The fourth-order valence-corrected chi connectivity index (χ4v) is 17.3. The Morgan fingerprint density at radius 2 is 1.07 bits per heavy atom. The number of ether oxygens (including phenoxy) is 4. The van der Waals surface area contributed by atoms with Crippen LogP contribution in [-0.4, -0.2) is 140 Å². The van der Waals surface area contributed by atoms with Crippen LogP contribution >= 0.6 is 54.7 Å². The first-order valence-corrected chi connectivity index (χ1v) is 43.2. The van der Waals surface area contributed by atoms with E-state index in [0.29, 0.717) is 150 Å². The lowest BCUT2D eigenvalue weighted by Gasteiger charge is -2.36. The lowest BCUT2D eigenvalue weighted by atomic mass is 9.97. The molecule has 7 unspecified atom stereocenters. The number of aliphatic hydroxyl groups excluding tert-OH is 1. The zero-order chi connectivity index (χ0) is 78.8. The molecular weight excluding hydrogens is 1560 g/mol. The van der Waals surface area contributed by atoms with E-state index in [2.05, 4.69) is 58.4 Å². The number of aryl methyl sites for hydroxylation is 1. The number of hydrogen-bond acceptors (Lipinski definition) is 34. The van der Waals surface area contributed by atoms with E-state index >= 15 is 0 Å². The van der Waals surface area contributed by atoms with Crippen LogP contribution in [0.4, 0.5) is 0 Å². The molecule has 2 fully saturated rings. The molecule has 0 aliphatic carbocycles. The normalized spacial score (nSPS) is 19.5. The van der Waals surface area contributed by atoms with Crippen molar-refractivity contribution in [3.63, 3.8) is 0 Å². The van der Waals surface area contributed by atoms with Crippen molar-refractivity contribution in [2.45, 2.75) is 161 Å². The van der Waals surface area contributed by atoms with E-state index in [1.807, 2.05) is 19.1 Å². The van der Waals surface area contributed by atoms with Gasteiger partial charge in [-0.15, -0.1) is 5.92 Å². The van der Waals surface area contributed by atoms with E-state index in [1.54, 1.807) is 49.3 Å². The maximum absolute atomic E-state index is 12.5. The Labute approximate surface area is 618 Å². The summed E-state index contributed by atoms with van der Waals surface area (Å²) in [4.78, 5) is 160. The zero-order valence-corrected chi connectivity index (χ0v) is 64.6. The first-order chi connectivity index (χ1) is 49.7. The maximum atomic E-state index is 12.5. The Kier molecular flexibility index (Phi) is 43.1. The second kappa shape index (κ2) is 47.7. The number of benzene rings is 2. The molecule has 2 saturated heterocycles. The fraction of sp³-hybridized carbons (Fsp3) is 0.593. The number of aliphatic hydroxyl groups is 1. The van der Waals surface area contributed by atoms with Crippen LogP contribution in [-0.2, 0) is 97.7 Å². The van der Waals surface area contributed by atoms with Gasteiger partial charge in [0.1, 0.15) is 30.1 Å². The average molecular weight is 1650 g/mol. The van der Waals surface area contributed by atoms with Crippen molar-refractivity contribution in [2.24, 2.45) is 0 Å². The van der Waals surface area contributed by atoms with Gasteiger partial charge in [-0.05, 0) is 120 Å². The van der Waals surface area contributed by atoms with Crippen molar-refractivity contribution < 1.29 is 154 Å². The van der Waals surface area contributed by atoms with E-state index in [0.717, 1.165) is 12.0 Å². The number of ketones is 1. The second-order valence-electron chi connectivity index (χ2n) is 23.3. The molecule has 2 aliphatic heterocycles. The molecule has 2 aromatic carbocycles. The molecule has 4 aromatic rings. The zero-order valence-electron chi connectivity index (χ0n) is 58.4. The lowest BCUT2D eigenvalue weighted by molar-refractivity contribution is -0.255. The summed E-state index contributed by atoms with van der Waals surface area (Å²) in [6.07, 6.45) is 7.07. The summed E-state index contributed by atoms with van der Waals surface area (Å²) in [5.74, 6) is 4.40. The monoisotopic (exact) mass is 1650 g/mol.